The number of benzene rings is 3. The Balaban J connectivity index is 1.41. The van der Waals surface area contributed by atoms with E-state index in [0.717, 1.165) is 56.2 Å². The number of amides is 3. The van der Waals surface area contributed by atoms with Gasteiger partial charge in [0.15, 0.2) is 0 Å². The van der Waals surface area contributed by atoms with Crippen LogP contribution in [0.3, 0.4) is 0 Å². The molecule has 3 amide bonds. The number of alkyl halides is 3. The lowest BCUT2D eigenvalue weighted by Crippen LogP contribution is -2.33. The number of nitrogens with zero attached hydrogens (tertiary/aromatic N) is 2. The van der Waals surface area contributed by atoms with E-state index in [9.17, 15) is 32.3 Å². The van der Waals surface area contributed by atoms with Gasteiger partial charge < -0.3 is 5.32 Å². The minimum absolute atomic E-state index is 0.173. The molecule has 7 nitrogen and oxygen atoms in total. The molecule has 4 aromatic rings. The molecule has 1 fully saturated rings. The second-order valence-electron chi connectivity index (χ2n) is 10.2. The normalized spacial score (nSPS) is 19.7. The van der Waals surface area contributed by atoms with E-state index in [0.29, 0.717) is 21.2 Å². The summed E-state index contributed by atoms with van der Waals surface area (Å²) in [5.41, 5.74) is 1.01. The summed E-state index contributed by atoms with van der Waals surface area (Å²) in [6.45, 7) is 1.56. The fraction of sp³-hybridized carbons (Fsp3) is 0.200. The summed E-state index contributed by atoms with van der Waals surface area (Å²) in [5, 5.41) is 2.14. The van der Waals surface area contributed by atoms with E-state index in [1.165, 1.54) is 10.6 Å². The number of nitrogens with one attached hydrogen (secondary N) is 1. The van der Waals surface area contributed by atoms with E-state index < -0.39 is 51.4 Å². The van der Waals surface area contributed by atoms with Crippen molar-refractivity contribution in [1.82, 2.24) is 4.57 Å². The molecule has 3 aromatic carbocycles. The van der Waals surface area contributed by atoms with Crippen molar-refractivity contribution in [3.8, 4) is 0 Å². The number of aryl methyl sites for hydroxylation is 1. The first kappa shape index (κ1) is 29.4. The van der Waals surface area contributed by atoms with Crippen LogP contribution in [0, 0.1) is 12.8 Å². The first-order chi connectivity index (χ1) is 20.4. The molecule has 0 aliphatic carbocycles. The van der Waals surface area contributed by atoms with Gasteiger partial charge in [-0.05, 0) is 60.5 Å². The molecule has 43 heavy (non-hydrogen) atoms. The van der Waals surface area contributed by atoms with Crippen LogP contribution in [0.15, 0.2) is 87.1 Å². The highest BCUT2D eigenvalue weighted by atomic mass is 79.9. The Kier molecular flexibility index (Phi) is 7.59. The number of thiazole rings is 1. The van der Waals surface area contributed by atoms with Crippen molar-refractivity contribution in [2.24, 2.45) is 5.92 Å². The van der Waals surface area contributed by atoms with Crippen LogP contribution in [-0.4, -0.2) is 27.5 Å². The largest absolute Gasteiger partial charge is 0.416 e. The Morgan fingerprint density at radius 2 is 1.70 bits per heavy atom. The van der Waals surface area contributed by atoms with Crippen molar-refractivity contribution in [3.63, 3.8) is 0 Å². The van der Waals surface area contributed by atoms with Gasteiger partial charge in [0.1, 0.15) is 11.8 Å². The van der Waals surface area contributed by atoms with Crippen LogP contribution in [0.1, 0.15) is 27.5 Å². The molecule has 0 spiro atoms. The second-order valence-corrected chi connectivity index (χ2v) is 13.2. The third kappa shape index (κ3) is 5.45. The predicted octanol–water partition coefficient (Wildman–Crippen LogP) is 6.43. The van der Waals surface area contributed by atoms with Crippen LogP contribution < -0.4 is 15.1 Å². The Labute approximate surface area is 259 Å². The van der Waals surface area contributed by atoms with E-state index in [1.54, 1.807) is 42.5 Å². The van der Waals surface area contributed by atoms with Crippen LogP contribution in [-0.2, 0) is 27.1 Å². The number of fused-ring (bicyclic) bond motifs is 2. The van der Waals surface area contributed by atoms with Crippen LogP contribution in [0.25, 0.3) is 0 Å². The number of rotatable bonds is 5. The third-order valence-electron chi connectivity index (χ3n) is 7.31. The standard InChI is InChI=1S/C30H21BrF3N3O4S2/c1-15-4-2-6-19(12-15)35-21(38)14-36-28-25(43-29(36)41)22(16-8-10-18(31)11-9-16)23-24(42-28)27(40)37(26(23)39)20-7-3-5-17(13-20)30(32,33)34/h2-13,22-24H,14H2,1H3,(H,35,38)/t22-,23-,24+/m0/s1. The van der Waals surface area contributed by atoms with Gasteiger partial charge in [0.2, 0.25) is 17.7 Å². The summed E-state index contributed by atoms with van der Waals surface area (Å²) in [7, 11) is 0. The van der Waals surface area contributed by atoms with Crippen LogP contribution in [0.5, 0.6) is 0 Å². The number of carbonyl (C=O) groups is 3. The molecule has 1 saturated heterocycles. The molecule has 220 valence electrons. The second kappa shape index (κ2) is 11.1. The molecule has 0 unspecified atom stereocenters. The monoisotopic (exact) mass is 687 g/mol. The molecule has 13 heteroatoms. The van der Waals surface area contributed by atoms with Crippen LogP contribution in [0.2, 0.25) is 0 Å². The number of hydrogen-bond acceptors (Lipinski definition) is 6. The molecule has 1 N–H and O–H groups in total. The Hall–Kier alpha value is -3.68. The summed E-state index contributed by atoms with van der Waals surface area (Å²) in [4.78, 5) is 54.9. The average Bonchev–Trinajstić information content (AvgIpc) is 3.39. The van der Waals surface area contributed by atoms with Crippen molar-refractivity contribution in [3.05, 3.63) is 109 Å². The summed E-state index contributed by atoms with van der Waals surface area (Å²) in [6, 6.07) is 18.4. The summed E-state index contributed by atoms with van der Waals surface area (Å²) in [5.74, 6) is -3.49. The number of anilines is 2. The first-order valence-corrected chi connectivity index (χ1v) is 15.5. The zero-order chi connectivity index (χ0) is 30.6. The molecule has 0 bridgehead atoms. The lowest BCUT2D eigenvalue weighted by atomic mass is 9.83. The summed E-state index contributed by atoms with van der Waals surface area (Å²) < 4.78 is 42.5. The van der Waals surface area contributed by atoms with E-state index in [1.807, 2.05) is 13.0 Å². The van der Waals surface area contributed by atoms with Gasteiger partial charge in [-0.1, -0.05) is 69.4 Å². The van der Waals surface area contributed by atoms with Gasteiger partial charge in [0.05, 0.1) is 22.2 Å². The highest BCUT2D eigenvalue weighted by Crippen LogP contribution is 2.54. The van der Waals surface area contributed by atoms with Crippen LogP contribution >= 0.6 is 39.0 Å². The number of halogens is 4. The van der Waals surface area contributed by atoms with Gasteiger partial charge in [-0.2, -0.15) is 13.2 Å². The summed E-state index contributed by atoms with van der Waals surface area (Å²) >= 11 is 5.29. The maximum Gasteiger partial charge on any atom is 0.416 e. The van der Waals surface area contributed by atoms with E-state index in [4.69, 9.17) is 0 Å². The molecular weight excluding hydrogens is 667 g/mol. The lowest BCUT2D eigenvalue weighted by Gasteiger charge is -2.30. The minimum Gasteiger partial charge on any atom is -0.325 e. The Morgan fingerprint density at radius 1 is 0.977 bits per heavy atom. The van der Waals surface area contributed by atoms with Crippen molar-refractivity contribution >= 4 is 68.1 Å². The molecule has 3 atom stereocenters. The number of imide groups is 1. The SMILES string of the molecule is Cc1cccc(NC(=O)Cn2c3c(sc2=O)[C@@H](c2ccc(Br)cc2)[C@@H]2C(=O)N(c4cccc(C(F)(F)F)c4)C(=O)[C@@H]2S3)c1. The predicted molar refractivity (Wildman–Crippen MR) is 161 cm³/mol. The maximum atomic E-state index is 13.9. The fourth-order valence-corrected chi connectivity index (χ4v) is 8.46. The van der Waals surface area contributed by atoms with Crippen LogP contribution in [0.4, 0.5) is 24.5 Å². The average molecular weight is 689 g/mol. The molecule has 1 aromatic heterocycles. The van der Waals surface area contributed by atoms with E-state index >= 15 is 0 Å². The van der Waals surface area contributed by atoms with Gasteiger partial charge in [-0.15, -0.1) is 0 Å². The Bertz CT molecular complexity index is 1840. The fourth-order valence-electron chi connectivity index (χ4n) is 5.43. The number of thioether (sulfide) groups is 1. The molecule has 0 radical (unpaired) electrons. The Morgan fingerprint density at radius 3 is 2.40 bits per heavy atom. The lowest BCUT2D eigenvalue weighted by molar-refractivity contribution is -0.137. The third-order valence-corrected chi connectivity index (χ3v) is 10.4. The van der Waals surface area contributed by atoms with Crippen molar-refractivity contribution in [1.29, 1.82) is 0 Å². The van der Waals surface area contributed by atoms with Gasteiger partial charge >= 0.3 is 11.0 Å². The minimum atomic E-state index is -4.66. The van der Waals surface area contributed by atoms with E-state index in [-0.39, 0.29) is 12.2 Å². The molecule has 2 aliphatic heterocycles. The number of carbonyl (C=O) groups excluding carboxylic acids is 3. The molecule has 6 rings (SSSR count). The summed E-state index contributed by atoms with van der Waals surface area (Å²) in [6.07, 6.45) is -4.66. The van der Waals surface area contributed by atoms with Gasteiger partial charge in [0.25, 0.3) is 0 Å². The highest BCUT2D eigenvalue weighted by molar-refractivity contribution is 9.10. The molecule has 3 heterocycles. The van der Waals surface area contributed by atoms with Crippen molar-refractivity contribution in [2.75, 3.05) is 10.2 Å². The van der Waals surface area contributed by atoms with Crippen molar-refractivity contribution < 1.29 is 27.6 Å². The highest BCUT2D eigenvalue weighted by Gasteiger charge is 2.57. The topological polar surface area (TPSA) is 88.5 Å². The number of aromatic nitrogens is 1. The first-order valence-electron chi connectivity index (χ1n) is 13.0. The zero-order valence-electron chi connectivity index (χ0n) is 22.2. The molecular formula is C30H21BrF3N3O4S2. The quantitative estimate of drug-likeness (QED) is 0.244. The van der Waals surface area contributed by atoms with Gasteiger partial charge in [0, 0.05) is 21.0 Å². The molecule has 0 saturated carbocycles. The number of hydrogen-bond donors (Lipinski definition) is 1. The van der Waals surface area contributed by atoms with Gasteiger partial charge in [-0.3, -0.25) is 23.7 Å². The molecule has 2 aliphatic rings. The van der Waals surface area contributed by atoms with Crippen molar-refractivity contribution in [2.45, 2.75) is 35.8 Å². The smallest absolute Gasteiger partial charge is 0.325 e. The van der Waals surface area contributed by atoms with E-state index in [2.05, 4.69) is 21.2 Å². The zero-order valence-corrected chi connectivity index (χ0v) is 25.4. The van der Waals surface area contributed by atoms with Gasteiger partial charge in [-0.25, -0.2) is 4.90 Å². The maximum absolute atomic E-state index is 13.9.